The summed E-state index contributed by atoms with van der Waals surface area (Å²) in [4.78, 5) is 22.3. The van der Waals surface area contributed by atoms with Crippen LogP contribution in [0, 0.1) is 6.92 Å². The van der Waals surface area contributed by atoms with Crippen molar-refractivity contribution in [1.82, 2.24) is 0 Å². The van der Waals surface area contributed by atoms with Crippen LogP contribution in [-0.4, -0.2) is 11.6 Å². The maximum absolute atomic E-state index is 11.2. The highest BCUT2D eigenvalue weighted by Gasteiger charge is 2.12. The van der Waals surface area contributed by atoms with Gasteiger partial charge in [-0.1, -0.05) is 18.2 Å². The molecule has 2 radical (unpaired) electrons. The molecule has 13 heavy (non-hydrogen) atoms. The lowest BCUT2D eigenvalue weighted by Crippen LogP contribution is -2.05. The first-order chi connectivity index (χ1) is 6.04. The quantitative estimate of drug-likeness (QED) is 0.644. The molecule has 1 aromatic rings. The summed E-state index contributed by atoms with van der Waals surface area (Å²) < 4.78 is 0. The Morgan fingerprint density at radius 3 is 2.15 bits per heavy atom. The van der Waals surface area contributed by atoms with Gasteiger partial charge in [-0.2, -0.15) is 0 Å². The predicted molar refractivity (Wildman–Crippen MR) is 49.9 cm³/mol. The summed E-state index contributed by atoms with van der Waals surface area (Å²) >= 11 is 0. The van der Waals surface area contributed by atoms with Gasteiger partial charge >= 0.3 is 0 Å². The number of hydrogen-bond donors (Lipinski definition) is 0. The molecular weight excluding hydrogens is 164 g/mol. The fourth-order valence-corrected chi connectivity index (χ4v) is 1.26. The van der Waals surface area contributed by atoms with Gasteiger partial charge in [-0.05, 0) is 26.3 Å². The number of ketones is 2. The van der Waals surface area contributed by atoms with Crippen molar-refractivity contribution in [3.05, 3.63) is 41.8 Å². The summed E-state index contributed by atoms with van der Waals surface area (Å²) in [5.41, 5.74) is 1.09. The molecule has 0 saturated carbocycles. The Kier molecular flexibility index (Phi) is 2.61. The molecule has 0 bridgehead atoms. The van der Waals surface area contributed by atoms with Gasteiger partial charge < -0.3 is 0 Å². The van der Waals surface area contributed by atoms with E-state index in [0.717, 1.165) is 0 Å². The van der Waals surface area contributed by atoms with Crippen LogP contribution < -0.4 is 0 Å². The van der Waals surface area contributed by atoms with Gasteiger partial charge in [-0.25, -0.2) is 0 Å². The Morgan fingerprint density at radius 2 is 1.77 bits per heavy atom. The van der Waals surface area contributed by atoms with Crippen LogP contribution in [0.15, 0.2) is 18.2 Å². The van der Waals surface area contributed by atoms with Crippen molar-refractivity contribution in [2.45, 2.75) is 13.8 Å². The molecule has 0 unspecified atom stereocenters. The van der Waals surface area contributed by atoms with Gasteiger partial charge in [-0.3, -0.25) is 9.59 Å². The molecule has 0 atom stereocenters. The van der Waals surface area contributed by atoms with Crippen LogP contribution in [0.5, 0.6) is 0 Å². The van der Waals surface area contributed by atoms with E-state index in [0.29, 0.717) is 16.7 Å². The Balaban J connectivity index is 3.43. The molecule has 0 aliphatic rings. The van der Waals surface area contributed by atoms with Gasteiger partial charge in [-0.15, -0.1) is 0 Å². The minimum absolute atomic E-state index is 0.141. The molecule has 0 aliphatic carbocycles. The molecule has 2 heteroatoms. The zero-order valence-electron chi connectivity index (χ0n) is 7.63. The summed E-state index contributed by atoms with van der Waals surface area (Å²) in [5, 5.41) is 0. The zero-order chi connectivity index (χ0) is 10.0. The Hall–Kier alpha value is -1.44. The second kappa shape index (κ2) is 3.52. The van der Waals surface area contributed by atoms with Crippen LogP contribution in [-0.2, 0) is 0 Å². The Labute approximate surface area is 77.6 Å². The first-order valence-corrected chi connectivity index (χ1v) is 3.94. The molecular formula is C11H10O2. The summed E-state index contributed by atoms with van der Waals surface area (Å²) in [5.74, 6) is -0.319. The van der Waals surface area contributed by atoms with Crippen LogP contribution in [0.25, 0.3) is 0 Å². The van der Waals surface area contributed by atoms with Gasteiger partial charge in [0.05, 0.1) is 0 Å². The third-order valence-corrected chi connectivity index (χ3v) is 1.83. The van der Waals surface area contributed by atoms with Gasteiger partial charge in [0.25, 0.3) is 0 Å². The monoisotopic (exact) mass is 174 g/mol. The average Bonchev–Trinajstić information content (AvgIpc) is 2.02. The molecule has 0 amide bonds. The number of hydrogen-bond acceptors (Lipinski definition) is 2. The van der Waals surface area contributed by atoms with Crippen molar-refractivity contribution < 1.29 is 9.59 Å². The SMILES string of the molecule is [CH]c1cccc(C(C)=O)c1C(C)=O. The van der Waals surface area contributed by atoms with Crippen LogP contribution in [0.3, 0.4) is 0 Å². The molecule has 0 saturated heterocycles. The third-order valence-electron chi connectivity index (χ3n) is 1.83. The number of carbonyl (C=O) groups excluding carboxylic acids is 2. The number of carbonyl (C=O) groups is 2. The molecule has 0 N–H and O–H groups in total. The second-order valence-corrected chi connectivity index (χ2v) is 2.88. The molecule has 0 aromatic heterocycles. The van der Waals surface area contributed by atoms with E-state index in [1.54, 1.807) is 18.2 Å². The van der Waals surface area contributed by atoms with Gasteiger partial charge in [0.1, 0.15) is 0 Å². The topological polar surface area (TPSA) is 34.1 Å². The second-order valence-electron chi connectivity index (χ2n) is 2.88. The number of rotatable bonds is 2. The van der Waals surface area contributed by atoms with E-state index in [-0.39, 0.29) is 11.6 Å². The molecule has 2 nitrogen and oxygen atoms in total. The van der Waals surface area contributed by atoms with Crippen molar-refractivity contribution in [3.8, 4) is 0 Å². The fourth-order valence-electron chi connectivity index (χ4n) is 1.26. The third kappa shape index (κ3) is 1.83. The lowest BCUT2D eigenvalue weighted by Gasteiger charge is -2.05. The van der Waals surface area contributed by atoms with Gasteiger partial charge in [0, 0.05) is 11.1 Å². The Bertz CT molecular complexity index is 364. The standard InChI is InChI=1S/C11H10O2/c1-7-5-4-6-10(8(2)12)11(7)9(3)13/h1,4-6H,2-3H3. The maximum Gasteiger partial charge on any atom is 0.160 e. The molecule has 0 fully saturated rings. The lowest BCUT2D eigenvalue weighted by atomic mass is 9.97. The predicted octanol–water partition coefficient (Wildman–Crippen LogP) is 2.15. The fraction of sp³-hybridized carbons (Fsp3) is 0.182. The molecule has 1 rings (SSSR count). The van der Waals surface area contributed by atoms with Crippen LogP contribution in [0.2, 0.25) is 0 Å². The van der Waals surface area contributed by atoms with Crippen LogP contribution in [0.1, 0.15) is 40.1 Å². The van der Waals surface area contributed by atoms with E-state index in [1.807, 2.05) is 0 Å². The highest BCUT2D eigenvalue weighted by atomic mass is 16.1. The van der Waals surface area contributed by atoms with Crippen molar-refractivity contribution >= 4 is 11.6 Å². The number of benzene rings is 1. The van der Waals surface area contributed by atoms with Crippen molar-refractivity contribution in [2.75, 3.05) is 0 Å². The van der Waals surface area contributed by atoms with E-state index in [1.165, 1.54) is 13.8 Å². The molecule has 66 valence electrons. The molecule has 1 aromatic carbocycles. The largest absolute Gasteiger partial charge is 0.294 e. The summed E-state index contributed by atoms with van der Waals surface area (Å²) in [6, 6.07) is 4.89. The van der Waals surface area contributed by atoms with Crippen LogP contribution >= 0.6 is 0 Å². The smallest absolute Gasteiger partial charge is 0.160 e. The van der Waals surface area contributed by atoms with E-state index < -0.39 is 0 Å². The summed E-state index contributed by atoms with van der Waals surface area (Å²) in [6.45, 7) is 8.41. The van der Waals surface area contributed by atoms with Gasteiger partial charge in [0.2, 0.25) is 0 Å². The minimum Gasteiger partial charge on any atom is -0.294 e. The van der Waals surface area contributed by atoms with Crippen molar-refractivity contribution in [2.24, 2.45) is 0 Å². The lowest BCUT2D eigenvalue weighted by molar-refractivity contribution is 0.0980. The van der Waals surface area contributed by atoms with E-state index in [4.69, 9.17) is 6.92 Å². The normalized spacial score (nSPS) is 9.77. The van der Waals surface area contributed by atoms with Crippen LogP contribution in [0.4, 0.5) is 0 Å². The highest BCUT2D eigenvalue weighted by molar-refractivity contribution is 6.08. The minimum atomic E-state index is -0.177. The summed E-state index contributed by atoms with van der Waals surface area (Å²) in [6.07, 6.45) is 0. The highest BCUT2D eigenvalue weighted by Crippen LogP contribution is 2.15. The number of Topliss-reactive ketones (excluding diaryl/α,β-unsaturated/α-hetero) is 2. The first-order valence-electron chi connectivity index (χ1n) is 3.94. The first kappa shape index (κ1) is 9.65. The average molecular weight is 174 g/mol. The van der Waals surface area contributed by atoms with Crippen molar-refractivity contribution in [1.29, 1.82) is 0 Å². The van der Waals surface area contributed by atoms with E-state index >= 15 is 0 Å². The maximum atomic E-state index is 11.2. The van der Waals surface area contributed by atoms with Crippen molar-refractivity contribution in [3.63, 3.8) is 0 Å². The van der Waals surface area contributed by atoms with E-state index in [2.05, 4.69) is 0 Å². The molecule has 0 heterocycles. The molecule has 0 spiro atoms. The molecule has 0 aliphatic heterocycles. The Morgan fingerprint density at radius 1 is 1.15 bits per heavy atom. The zero-order valence-corrected chi connectivity index (χ0v) is 7.63. The van der Waals surface area contributed by atoms with Gasteiger partial charge in [0.15, 0.2) is 11.6 Å². The summed E-state index contributed by atoms with van der Waals surface area (Å²) in [7, 11) is 0. The van der Waals surface area contributed by atoms with E-state index in [9.17, 15) is 9.59 Å².